The number of hydrogen-bond acceptors (Lipinski definition) is 7. The van der Waals surface area contributed by atoms with Crippen molar-refractivity contribution in [1.29, 1.82) is 0 Å². The van der Waals surface area contributed by atoms with Crippen LogP contribution in [0.3, 0.4) is 0 Å². The lowest BCUT2D eigenvalue weighted by Gasteiger charge is -2.57. The number of rotatable bonds is 2. The van der Waals surface area contributed by atoms with E-state index in [1.807, 2.05) is 6.07 Å². The van der Waals surface area contributed by atoms with Gasteiger partial charge in [0.25, 0.3) is 0 Å². The molecule has 7 heteroatoms. The predicted octanol–water partition coefficient (Wildman–Crippen LogP) is 1.20. The lowest BCUT2D eigenvalue weighted by atomic mass is 9.51. The van der Waals surface area contributed by atoms with Gasteiger partial charge in [-0.05, 0) is 38.1 Å². The molecule has 0 aromatic heterocycles. The van der Waals surface area contributed by atoms with Gasteiger partial charge in [-0.1, -0.05) is 6.07 Å². The fraction of sp³-hybridized carbons (Fsp3) is 0.619. The molecule has 2 bridgehead atoms. The number of fused-ring (bicyclic) bond motifs is 1. The molecule has 0 amide bonds. The molecule has 1 aromatic carbocycles. The SMILES string of the molecule is CC(=O)Oc1ccc2c3c1O[C@@H]1[C@H](OC(C)=O)[C@@H]4O[C@H]4C4[C@H](C2)N(C)CC[C@@]341. The molecule has 7 nitrogen and oxygen atoms in total. The van der Waals surface area contributed by atoms with E-state index in [4.69, 9.17) is 18.9 Å². The second-order valence-electron chi connectivity index (χ2n) is 8.77. The minimum atomic E-state index is -0.439. The van der Waals surface area contributed by atoms with E-state index in [-0.39, 0.29) is 41.6 Å². The van der Waals surface area contributed by atoms with Crippen molar-refractivity contribution in [2.75, 3.05) is 13.6 Å². The molecule has 1 spiro atoms. The Morgan fingerprint density at radius 3 is 2.79 bits per heavy atom. The van der Waals surface area contributed by atoms with E-state index in [0.717, 1.165) is 24.9 Å². The van der Waals surface area contributed by atoms with Gasteiger partial charge in [0, 0.05) is 36.8 Å². The normalized spacial score (nSPS) is 41.4. The first-order valence-corrected chi connectivity index (χ1v) is 9.96. The molecular formula is C21H23NO6. The number of ether oxygens (including phenoxy) is 4. The van der Waals surface area contributed by atoms with Crippen molar-refractivity contribution in [3.05, 3.63) is 23.3 Å². The molecule has 1 aromatic rings. The van der Waals surface area contributed by atoms with Crippen LogP contribution in [0.25, 0.3) is 0 Å². The summed E-state index contributed by atoms with van der Waals surface area (Å²) in [7, 11) is 2.18. The van der Waals surface area contributed by atoms with E-state index in [9.17, 15) is 9.59 Å². The molecule has 3 fully saturated rings. The monoisotopic (exact) mass is 385 g/mol. The van der Waals surface area contributed by atoms with Gasteiger partial charge in [0.15, 0.2) is 17.6 Å². The first-order valence-electron chi connectivity index (χ1n) is 9.96. The van der Waals surface area contributed by atoms with E-state index < -0.39 is 6.10 Å². The Bertz CT molecular complexity index is 914. The quantitative estimate of drug-likeness (QED) is 0.430. The fourth-order valence-corrected chi connectivity index (χ4v) is 6.51. The van der Waals surface area contributed by atoms with Crippen molar-refractivity contribution < 1.29 is 28.5 Å². The maximum atomic E-state index is 11.8. The van der Waals surface area contributed by atoms with Crippen molar-refractivity contribution in [2.45, 2.75) is 62.6 Å². The van der Waals surface area contributed by atoms with Gasteiger partial charge in [-0.3, -0.25) is 9.59 Å². The zero-order valence-electron chi connectivity index (χ0n) is 16.1. The maximum absolute atomic E-state index is 11.8. The van der Waals surface area contributed by atoms with Crippen molar-refractivity contribution in [3.8, 4) is 11.5 Å². The third-order valence-corrected chi connectivity index (χ3v) is 7.40. The number of carbonyl (C=O) groups is 2. The number of carbonyl (C=O) groups excluding carboxylic acids is 2. The highest BCUT2D eigenvalue weighted by atomic mass is 16.6. The molecule has 3 heterocycles. The van der Waals surface area contributed by atoms with Crippen LogP contribution in [0.5, 0.6) is 11.5 Å². The van der Waals surface area contributed by atoms with Crippen LogP contribution in [0.15, 0.2) is 12.1 Å². The van der Waals surface area contributed by atoms with Gasteiger partial charge >= 0.3 is 11.9 Å². The molecule has 3 aliphatic heterocycles. The van der Waals surface area contributed by atoms with Crippen molar-refractivity contribution in [1.82, 2.24) is 4.90 Å². The summed E-state index contributed by atoms with van der Waals surface area (Å²) in [5.41, 5.74) is 2.12. The molecule has 0 N–H and O–H groups in total. The lowest BCUT2D eigenvalue weighted by Crippen LogP contribution is -2.69. The highest BCUT2D eigenvalue weighted by molar-refractivity contribution is 5.73. The number of likely N-dealkylation sites (tertiary alicyclic amines) is 1. The Hall–Kier alpha value is -2.12. The molecule has 148 valence electrons. The van der Waals surface area contributed by atoms with Gasteiger partial charge < -0.3 is 23.8 Å². The van der Waals surface area contributed by atoms with Crippen LogP contribution in [0.2, 0.25) is 0 Å². The van der Waals surface area contributed by atoms with Crippen molar-refractivity contribution in [3.63, 3.8) is 0 Å². The number of esters is 2. The Labute approximate surface area is 162 Å². The van der Waals surface area contributed by atoms with E-state index in [1.54, 1.807) is 0 Å². The Morgan fingerprint density at radius 2 is 2.04 bits per heavy atom. The first-order chi connectivity index (χ1) is 13.4. The molecule has 1 saturated carbocycles. The third-order valence-electron chi connectivity index (χ3n) is 7.40. The van der Waals surface area contributed by atoms with Gasteiger partial charge in [0.05, 0.1) is 6.10 Å². The molecule has 28 heavy (non-hydrogen) atoms. The predicted molar refractivity (Wildman–Crippen MR) is 96.3 cm³/mol. The van der Waals surface area contributed by atoms with Crippen LogP contribution < -0.4 is 9.47 Å². The zero-order valence-corrected chi connectivity index (χ0v) is 16.1. The average molecular weight is 385 g/mol. The largest absolute Gasteiger partial charge is 0.481 e. The molecule has 2 aliphatic carbocycles. The number of benzene rings is 1. The summed E-state index contributed by atoms with van der Waals surface area (Å²) in [5, 5.41) is 0. The van der Waals surface area contributed by atoms with Gasteiger partial charge in [-0.25, -0.2) is 0 Å². The summed E-state index contributed by atoms with van der Waals surface area (Å²) in [5.74, 6) is 0.707. The number of piperidine rings is 1. The molecule has 2 saturated heterocycles. The smallest absolute Gasteiger partial charge is 0.308 e. The van der Waals surface area contributed by atoms with E-state index in [2.05, 4.69) is 18.0 Å². The Balaban J connectivity index is 1.56. The highest BCUT2D eigenvalue weighted by Gasteiger charge is 2.76. The Morgan fingerprint density at radius 1 is 1.21 bits per heavy atom. The highest BCUT2D eigenvalue weighted by Crippen LogP contribution is 2.67. The Kier molecular flexibility index (Phi) is 3.16. The number of epoxide rings is 1. The maximum Gasteiger partial charge on any atom is 0.308 e. The van der Waals surface area contributed by atoms with Gasteiger partial charge in [0.2, 0.25) is 0 Å². The first kappa shape index (κ1) is 16.8. The lowest BCUT2D eigenvalue weighted by molar-refractivity contribution is -0.160. The minimum absolute atomic E-state index is 0.0773. The number of hydrogen-bond donors (Lipinski definition) is 0. The summed E-state index contributed by atoms with van der Waals surface area (Å²) in [6.45, 7) is 3.77. The number of likely N-dealkylation sites (N-methyl/N-ethyl adjacent to an activating group) is 1. The molecule has 6 rings (SSSR count). The van der Waals surface area contributed by atoms with Crippen LogP contribution in [-0.4, -0.2) is 60.9 Å². The molecule has 7 atom stereocenters. The fourth-order valence-electron chi connectivity index (χ4n) is 6.51. The van der Waals surface area contributed by atoms with Crippen LogP contribution in [0, 0.1) is 5.92 Å². The van der Waals surface area contributed by atoms with Crippen LogP contribution >= 0.6 is 0 Å². The number of nitrogens with zero attached hydrogens (tertiary/aromatic N) is 1. The minimum Gasteiger partial charge on any atom is -0.481 e. The summed E-state index contributed by atoms with van der Waals surface area (Å²) < 4.78 is 23.8. The van der Waals surface area contributed by atoms with Crippen molar-refractivity contribution in [2.24, 2.45) is 5.92 Å². The molecule has 0 radical (unpaired) electrons. The van der Waals surface area contributed by atoms with E-state index in [0.29, 0.717) is 17.5 Å². The van der Waals surface area contributed by atoms with Gasteiger partial charge in [-0.15, -0.1) is 0 Å². The van der Waals surface area contributed by atoms with E-state index >= 15 is 0 Å². The second kappa shape index (κ2) is 5.27. The topological polar surface area (TPSA) is 77.6 Å². The zero-order chi connectivity index (χ0) is 19.4. The van der Waals surface area contributed by atoms with Crippen LogP contribution in [0.1, 0.15) is 31.4 Å². The second-order valence-corrected chi connectivity index (χ2v) is 8.77. The third kappa shape index (κ3) is 1.91. The molecular weight excluding hydrogens is 362 g/mol. The van der Waals surface area contributed by atoms with Crippen LogP contribution in [-0.2, 0) is 30.9 Å². The summed E-state index contributed by atoms with van der Waals surface area (Å²) in [6, 6.07) is 4.26. The van der Waals surface area contributed by atoms with E-state index in [1.165, 1.54) is 19.4 Å². The summed E-state index contributed by atoms with van der Waals surface area (Å²) >= 11 is 0. The van der Waals surface area contributed by atoms with Gasteiger partial charge in [-0.2, -0.15) is 0 Å². The van der Waals surface area contributed by atoms with Crippen molar-refractivity contribution >= 4 is 11.9 Å². The van der Waals surface area contributed by atoms with Gasteiger partial charge in [0.1, 0.15) is 12.2 Å². The molecule has 1 unspecified atom stereocenters. The summed E-state index contributed by atoms with van der Waals surface area (Å²) in [4.78, 5) is 25.9. The standard InChI is InChI=1S/C21H23NO6/c1-9(23)25-13-5-4-11-8-12-15-17-18(27-17)19(26-10(2)24)20-21(15,6-7-22(12)3)14(11)16(13)28-20/h4-5,12,15,17-20H,6-8H2,1-3H3/t12-,15?,17-,18+,19+,20+,21+/m0/s1. The average Bonchev–Trinajstić information content (AvgIpc) is 3.34. The van der Waals surface area contributed by atoms with Crippen LogP contribution in [0.4, 0.5) is 0 Å². The molecule has 5 aliphatic rings. The summed E-state index contributed by atoms with van der Waals surface area (Å²) in [6.07, 6.45) is 1.04.